The normalized spacial score (nSPS) is 12.2. The molecule has 1 rings (SSSR count). The van der Waals surface area contributed by atoms with Crippen LogP contribution in [0.4, 0.5) is 0 Å². The van der Waals surface area contributed by atoms with Crippen molar-refractivity contribution in [3.63, 3.8) is 0 Å². The van der Waals surface area contributed by atoms with Gasteiger partial charge in [0.1, 0.15) is 0 Å². The van der Waals surface area contributed by atoms with Crippen LogP contribution in [0.3, 0.4) is 0 Å². The molecule has 0 aliphatic rings. The minimum Gasteiger partial charge on any atom is -0.465 e. The van der Waals surface area contributed by atoms with Crippen molar-refractivity contribution in [2.24, 2.45) is 0 Å². The van der Waals surface area contributed by atoms with E-state index in [0.29, 0.717) is 24.4 Å². The molecular formula is C12H16BrNO3S. The lowest BCUT2D eigenvalue weighted by Crippen LogP contribution is -2.20. The number of carbonyl (C=O) groups is 1. The summed E-state index contributed by atoms with van der Waals surface area (Å²) in [5.74, 6) is 0.286. The molecule has 0 saturated heterocycles. The fourth-order valence-electron chi connectivity index (χ4n) is 1.37. The quantitative estimate of drug-likeness (QED) is 0.636. The van der Waals surface area contributed by atoms with E-state index in [1.807, 2.05) is 6.07 Å². The van der Waals surface area contributed by atoms with Crippen LogP contribution in [0.15, 0.2) is 22.7 Å². The fraction of sp³-hybridized carbons (Fsp3) is 0.417. The summed E-state index contributed by atoms with van der Waals surface area (Å²) in [6, 6.07) is 5.33. The van der Waals surface area contributed by atoms with Gasteiger partial charge in [-0.25, -0.2) is 4.79 Å². The number of nitrogens with one attached hydrogen (secondary N) is 1. The molecule has 1 aromatic rings. The van der Waals surface area contributed by atoms with Gasteiger partial charge in [0.2, 0.25) is 0 Å². The molecule has 1 unspecified atom stereocenters. The Bertz CT molecular complexity index is 451. The molecule has 0 amide bonds. The third-order valence-electron chi connectivity index (χ3n) is 2.36. The third-order valence-corrected chi connectivity index (χ3v) is 3.87. The first-order valence-electron chi connectivity index (χ1n) is 5.42. The van der Waals surface area contributed by atoms with Gasteiger partial charge in [-0.2, -0.15) is 0 Å². The monoisotopic (exact) mass is 333 g/mol. The van der Waals surface area contributed by atoms with E-state index < -0.39 is 10.8 Å². The lowest BCUT2D eigenvalue weighted by molar-refractivity contribution is 0.0600. The van der Waals surface area contributed by atoms with Gasteiger partial charge >= 0.3 is 5.97 Å². The Labute approximate surface area is 118 Å². The highest BCUT2D eigenvalue weighted by molar-refractivity contribution is 9.10. The summed E-state index contributed by atoms with van der Waals surface area (Å²) in [6.45, 7) is 1.37. The number of benzene rings is 1. The zero-order chi connectivity index (χ0) is 13.5. The van der Waals surface area contributed by atoms with Gasteiger partial charge < -0.3 is 10.1 Å². The molecule has 0 heterocycles. The molecule has 4 nitrogen and oxygen atoms in total. The summed E-state index contributed by atoms with van der Waals surface area (Å²) in [5.41, 5.74) is 1.56. The smallest absolute Gasteiger partial charge is 0.337 e. The highest BCUT2D eigenvalue weighted by atomic mass is 79.9. The van der Waals surface area contributed by atoms with Crippen LogP contribution in [-0.2, 0) is 22.1 Å². The summed E-state index contributed by atoms with van der Waals surface area (Å²) in [5, 5.41) is 3.20. The molecule has 0 saturated carbocycles. The Balaban J connectivity index is 2.57. The van der Waals surface area contributed by atoms with E-state index in [0.717, 1.165) is 10.0 Å². The van der Waals surface area contributed by atoms with E-state index in [1.54, 1.807) is 18.4 Å². The average Bonchev–Trinajstić information content (AvgIpc) is 2.34. The van der Waals surface area contributed by atoms with Crippen LogP contribution < -0.4 is 5.32 Å². The largest absolute Gasteiger partial charge is 0.465 e. The first kappa shape index (κ1) is 15.3. The maximum absolute atomic E-state index is 11.3. The second-order valence-electron chi connectivity index (χ2n) is 3.75. The van der Waals surface area contributed by atoms with Crippen LogP contribution in [-0.4, -0.2) is 35.8 Å². The van der Waals surface area contributed by atoms with Crippen LogP contribution in [0, 0.1) is 0 Å². The Morgan fingerprint density at radius 1 is 1.50 bits per heavy atom. The molecule has 0 aliphatic heterocycles. The SMILES string of the molecule is COC(=O)c1ccc(CNCCS(C)=O)c(Br)c1. The molecule has 0 bridgehead atoms. The molecule has 1 aromatic carbocycles. The van der Waals surface area contributed by atoms with Gasteiger partial charge in [-0.15, -0.1) is 0 Å². The van der Waals surface area contributed by atoms with Crippen molar-refractivity contribution in [1.29, 1.82) is 0 Å². The van der Waals surface area contributed by atoms with Gasteiger partial charge in [0, 0.05) is 40.4 Å². The molecule has 0 aromatic heterocycles. The van der Waals surface area contributed by atoms with Gasteiger partial charge in [0.15, 0.2) is 0 Å². The van der Waals surface area contributed by atoms with E-state index in [9.17, 15) is 9.00 Å². The van der Waals surface area contributed by atoms with Crippen molar-refractivity contribution in [2.45, 2.75) is 6.54 Å². The summed E-state index contributed by atoms with van der Waals surface area (Å²) in [4.78, 5) is 11.3. The first-order valence-corrected chi connectivity index (χ1v) is 7.94. The Kier molecular flexibility index (Phi) is 6.52. The zero-order valence-electron chi connectivity index (χ0n) is 10.4. The maximum Gasteiger partial charge on any atom is 0.337 e. The minimum atomic E-state index is -0.775. The van der Waals surface area contributed by atoms with Gasteiger partial charge in [-0.1, -0.05) is 22.0 Å². The van der Waals surface area contributed by atoms with Crippen LogP contribution in [0.25, 0.3) is 0 Å². The summed E-state index contributed by atoms with van der Waals surface area (Å²) in [7, 11) is 0.582. The topological polar surface area (TPSA) is 55.4 Å². The zero-order valence-corrected chi connectivity index (χ0v) is 12.8. The minimum absolute atomic E-state index is 0.350. The molecule has 1 atom stereocenters. The predicted octanol–water partition coefficient (Wildman–Crippen LogP) is 1.70. The first-order chi connectivity index (χ1) is 8.54. The van der Waals surface area contributed by atoms with Crippen LogP contribution >= 0.6 is 15.9 Å². The van der Waals surface area contributed by atoms with E-state index >= 15 is 0 Å². The molecule has 18 heavy (non-hydrogen) atoms. The molecule has 1 N–H and O–H groups in total. The summed E-state index contributed by atoms with van der Waals surface area (Å²) < 4.78 is 16.4. The summed E-state index contributed by atoms with van der Waals surface area (Å²) in [6.07, 6.45) is 1.68. The molecule has 6 heteroatoms. The molecular weight excluding hydrogens is 318 g/mol. The highest BCUT2D eigenvalue weighted by Gasteiger charge is 2.08. The number of carbonyl (C=O) groups excluding carboxylic acids is 1. The predicted molar refractivity (Wildman–Crippen MR) is 76.1 cm³/mol. The number of esters is 1. The summed E-state index contributed by atoms with van der Waals surface area (Å²) >= 11 is 3.42. The van der Waals surface area contributed by atoms with Crippen molar-refractivity contribution < 1.29 is 13.7 Å². The average molecular weight is 334 g/mol. The Hall–Kier alpha value is -0.720. The third kappa shape index (κ3) is 4.88. The fourth-order valence-corrected chi connectivity index (χ4v) is 2.33. The van der Waals surface area contributed by atoms with E-state index in [2.05, 4.69) is 26.0 Å². The van der Waals surface area contributed by atoms with E-state index in [4.69, 9.17) is 0 Å². The van der Waals surface area contributed by atoms with Crippen molar-refractivity contribution in [2.75, 3.05) is 25.7 Å². The number of halogens is 1. The van der Waals surface area contributed by atoms with Crippen molar-refractivity contribution in [3.05, 3.63) is 33.8 Å². The number of rotatable bonds is 6. The second-order valence-corrected chi connectivity index (χ2v) is 6.16. The molecule has 0 radical (unpaired) electrons. The van der Waals surface area contributed by atoms with E-state index in [-0.39, 0.29) is 5.97 Å². The lowest BCUT2D eigenvalue weighted by Gasteiger charge is -2.07. The Morgan fingerprint density at radius 3 is 2.78 bits per heavy atom. The Morgan fingerprint density at radius 2 is 2.22 bits per heavy atom. The van der Waals surface area contributed by atoms with Gasteiger partial charge in [-0.05, 0) is 17.7 Å². The van der Waals surface area contributed by atoms with E-state index in [1.165, 1.54) is 7.11 Å². The van der Waals surface area contributed by atoms with Gasteiger partial charge in [0.25, 0.3) is 0 Å². The van der Waals surface area contributed by atoms with Crippen LogP contribution in [0.1, 0.15) is 15.9 Å². The van der Waals surface area contributed by atoms with Crippen LogP contribution in [0.2, 0.25) is 0 Å². The molecule has 0 aliphatic carbocycles. The van der Waals surface area contributed by atoms with Crippen molar-refractivity contribution in [3.8, 4) is 0 Å². The molecule has 0 spiro atoms. The second kappa shape index (κ2) is 7.66. The van der Waals surface area contributed by atoms with Crippen molar-refractivity contribution in [1.82, 2.24) is 5.32 Å². The van der Waals surface area contributed by atoms with Crippen LogP contribution in [0.5, 0.6) is 0 Å². The molecule has 100 valence electrons. The maximum atomic E-state index is 11.3. The number of ether oxygens (including phenoxy) is 1. The van der Waals surface area contributed by atoms with Crippen molar-refractivity contribution >= 4 is 32.7 Å². The number of hydrogen-bond donors (Lipinski definition) is 1. The van der Waals surface area contributed by atoms with Gasteiger partial charge in [0.05, 0.1) is 12.7 Å². The number of methoxy groups -OCH3 is 1. The highest BCUT2D eigenvalue weighted by Crippen LogP contribution is 2.19. The number of hydrogen-bond acceptors (Lipinski definition) is 4. The molecule has 0 fully saturated rings. The van der Waals surface area contributed by atoms with Gasteiger partial charge in [-0.3, -0.25) is 4.21 Å². The standard InChI is InChI=1S/C12H16BrNO3S/c1-17-12(15)9-3-4-10(11(13)7-9)8-14-5-6-18(2)16/h3-4,7,14H,5-6,8H2,1-2H3. The lowest BCUT2D eigenvalue weighted by atomic mass is 10.1.